The summed E-state index contributed by atoms with van der Waals surface area (Å²) in [7, 11) is 0. The highest BCUT2D eigenvalue weighted by Crippen LogP contribution is 2.42. The van der Waals surface area contributed by atoms with Crippen LogP contribution in [0.5, 0.6) is 5.75 Å². The molecule has 1 atom stereocenters. The van der Waals surface area contributed by atoms with Gasteiger partial charge in [0.25, 0.3) is 0 Å². The standard InChI is InChI=1S/C19H20N2O3S/c1-3-24-17-9-7-16(8-10-17)21-18(23)12-25-19(21)14-5-4-6-15(11-14)20-13(2)22/h4-11,19H,3,12H2,1-2H3,(H,20,22)/t19-/m1/s1. The van der Waals surface area contributed by atoms with E-state index in [9.17, 15) is 9.59 Å². The molecule has 130 valence electrons. The quantitative estimate of drug-likeness (QED) is 0.885. The summed E-state index contributed by atoms with van der Waals surface area (Å²) in [5, 5.41) is 2.68. The van der Waals surface area contributed by atoms with E-state index in [-0.39, 0.29) is 17.2 Å². The first-order valence-electron chi connectivity index (χ1n) is 8.12. The van der Waals surface area contributed by atoms with Gasteiger partial charge < -0.3 is 10.1 Å². The highest BCUT2D eigenvalue weighted by Gasteiger charge is 2.34. The smallest absolute Gasteiger partial charge is 0.238 e. The third-order valence-corrected chi connectivity index (χ3v) is 5.00. The van der Waals surface area contributed by atoms with Crippen molar-refractivity contribution in [2.75, 3.05) is 22.6 Å². The summed E-state index contributed by atoms with van der Waals surface area (Å²) < 4.78 is 5.47. The van der Waals surface area contributed by atoms with Crippen molar-refractivity contribution >= 4 is 35.0 Å². The Morgan fingerprint density at radius 1 is 1.28 bits per heavy atom. The van der Waals surface area contributed by atoms with Gasteiger partial charge >= 0.3 is 0 Å². The van der Waals surface area contributed by atoms with Crippen LogP contribution in [0.15, 0.2) is 48.5 Å². The third kappa shape index (κ3) is 3.96. The number of nitrogens with zero attached hydrogens (tertiary/aromatic N) is 1. The molecule has 1 saturated heterocycles. The van der Waals surface area contributed by atoms with Crippen LogP contribution in [-0.4, -0.2) is 24.2 Å². The van der Waals surface area contributed by atoms with Crippen molar-refractivity contribution < 1.29 is 14.3 Å². The Bertz CT molecular complexity index is 776. The normalized spacial score (nSPS) is 16.8. The second kappa shape index (κ2) is 7.61. The topological polar surface area (TPSA) is 58.6 Å². The predicted molar refractivity (Wildman–Crippen MR) is 101 cm³/mol. The molecule has 2 aromatic carbocycles. The molecular formula is C19H20N2O3S. The summed E-state index contributed by atoms with van der Waals surface area (Å²) in [6.07, 6.45) is 0. The molecule has 0 aliphatic carbocycles. The van der Waals surface area contributed by atoms with Crippen LogP contribution in [-0.2, 0) is 9.59 Å². The van der Waals surface area contributed by atoms with Crippen LogP contribution in [0.3, 0.4) is 0 Å². The van der Waals surface area contributed by atoms with Gasteiger partial charge in [-0.05, 0) is 48.9 Å². The maximum Gasteiger partial charge on any atom is 0.238 e. The number of nitrogens with one attached hydrogen (secondary N) is 1. The monoisotopic (exact) mass is 356 g/mol. The number of benzene rings is 2. The lowest BCUT2D eigenvalue weighted by molar-refractivity contribution is -0.116. The van der Waals surface area contributed by atoms with Crippen molar-refractivity contribution in [1.29, 1.82) is 0 Å². The fourth-order valence-corrected chi connectivity index (χ4v) is 3.96. The molecule has 0 radical (unpaired) electrons. The van der Waals surface area contributed by atoms with Crippen LogP contribution in [0.2, 0.25) is 0 Å². The minimum Gasteiger partial charge on any atom is -0.494 e. The van der Waals surface area contributed by atoms with Crippen LogP contribution >= 0.6 is 11.8 Å². The van der Waals surface area contributed by atoms with Gasteiger partial charge in [-0.3, -0.25) is 14.5 Å². The van der Waals surface area contributed by atoms with Crippen molar-refractivity contribution in [3.05, 3.63) is 54.1 Å². The van der Waals surface area contributed by atoms with Crippen LogP contribution < -0.4 is 15.0 Å². The minimum atomic E-state index is -0.115. The minimum absolute atomic E-state index is 0.0732. The van der Waals surface area contributed by atoms with Crippen LogP contribution in [0.4, 0.5) is 11.4 Å². The SMILES string of the molecule is CCOc1ccc(N2C(=O)CS[C@@H]2c2cccc(NC(C)=O)c2)cc1. The van der Waals surface area contributed by atoms with Gasteiger partial charge in [-0.1, -0.05) is 12.1 Å². The summed E-state index contributed by atoms with van der Waals surface area (Å²) >= 11 is 1.58. The van der Waals surface area contributed by atoms with Crippen LogP contribution in [0, 0.1) is 0 Å². The molecule has 2 aromatic rings. The third-order valence-electron chi connectivity index (χ3n) is 3.79. The number of hydrogen-bond acceptors (Lipinski definition) is 4. The Labute approximate surface area is 151 Å². The number of rotatable bonds is 5. The molecule has 1 heterocycles. The van der Waals surface area contributed by atoms with Gasteiger partial charge in [0.05, 0.1) is 12.4 Å². The summed E-state index contributed by atoms with van der Waals surface area (Å²) in [6.45, 7) is 4.02. The Balaban J connectivity index is 1.88. The Morgan fingerprint density at radius 2 is 2.04 bits per heavy atom. The fraction of sp³-hybridized carbons (Fsp3) is 0.263. The van der Waals surface area contributed by atoms with E-state index in [2.05, 4.69) is 5.32 Å². The number of amides is 2. The first kappa shape index (κ1) is 17.4. The van der Waals surface area contributed by atoms with Gasteiger partial charge in [-0.2, -0.15) is 0 Å². The lowest BCUT2D eigenvalue weighted by Gasteiger charge is -2.25. The Hall–Kier alpha value is -2.47. The lowest BCUT2D eigenvalue weighted by Crippen LogP contribution is -2.27. The number of carbonyl (C=O) groups is 2. The van der Waals surface area contributed by atoms with Gasteiger partial charge in [0.1, 0.15) is 11.1 Å². The number of ether oxygens (including phenoxy) is 1. The fourth-order valence-electron chi connectivity index (χ4n) is 2.79. The molecule has 1 fully saturated rings. The maximum atomic E-state index is 12.4. The first-order chi connectivity index (χ1) is 12.1. The van der Waals surface area contributed by atoms with E-state index in [1.165, 1.54) is 6.92 Å². The molecule has 0 unspecified atom stereocenters. The van der Waals surface area contributed by atoms with Crippen LogP contribution in [0.1, 0.15) is 24.8 Å². The average molecular weight is 356 g/mol. The molecule has 25 heavy (non-hydrogen) atoms. The highest BCUT2D eigenvalue weighted by atomic mass is 32.2. The first-order valence-corrected chi connectivity index (χ1v) is 9.17. The average Bonchev–Trinajstić information content (AvgIpc) is 2.97. The highest BCUT2D eigenvalue weighted by molar-refractivity contribution is 8.00. The summed E-state index contributed by atoms with van der Waals surface area (Å²) in [5.41, 5.74) is 2.56. The molecule has 2 amide bonds. The zero-order chi connectivity index (χ0) is 17.8. The molecule has 1 N–H and O–H groups in total. The molecule has 5 nitrogen and oxygen atoms in total. The van der Waals surface area contributed by atoms with Gasteiger partial charge in [0, 0.05) is 18.3 Å². The second-order valence-corrected chi connectivity index (χ2v) is 6.73. The number of thioether (sulfide) groups is 1. The molecule has 6 heteroatoms. The summed E-state index contributed by atoms with van der Waals surface area (Å²) in [5.74, 6) is 1.18. The van der Waals surface area contributed by atoms with E-state index in [0.717, 1.165) is 22.7 Å². The predicted octanol–water partition coefficient (Wildman–Crippen LogP) is 3.82. The van der Waals surface area contributed by atoms with Crippen molar-refractivity contribution in [3.63, 3.8) is 0 Å². The largest absolute Gasteiger partial charge is 0.494 e. The number of hydrogen-bond donors (Lipinski definition) is 1. The Morgan fingerprint density at radius 3 is 2.72 bits per heavy atom. The van der Waals surface area contributed by atoms with E-state index < -0.39 is 0 Å². The van der Waals surface area contributed by atoms with Crippen molar-refractivity contribution in [1.82, 2.24) is 0 Å². The molecular weight excluding hydrogens is 336 g/mol. The second-order valence-electron chi connectivity index (χ2n) is 5.66. The molecule has 0 aromatic heterocycles. The summed E-state index contributed by atoms with van der Waals surface area (Å²) in [4.78, 5) is 25.5. The Kier molecular flexibility index (Phi) is 5.28. The molecule has 1 aliphatic heterocycles. The van der Waals surface area contributed by atoms with Gasteiger partial charge in [0.15, 0.2) is 0 Å². The van der Waals surface area contributed by atoms with Gasteiger partial charge in [-0.15, -0.1) is 11.8 Å². The zero-order valence-corrected chi connectivity index (χ0v) is 15.0. The van der Waals surface area contributed by atoms with Gasteiger partial charge in [0.2, 0.25) is 11.8 Å². The molecule has 0 bridgehead atoms. The molecule has 3 rings (SSSR count). The van der Waals surface area contributed by atoms with E-state index in [4.69, 9.17) is 4.74 Å². The van der Waals surface area contributed by atoms with E-state index >= 15 is 0 Å². The van der Waals surface area contributed by atoms with Crippen LogP contribution in [0.25, 0.3) is 0 Å². The van der Waals surface area contributed by atoms with Crippen molar-refractivity contribution in [2.24, 2.45) is 0 Å². The summed E-state index contributed by atoms with van der Waals surface area (Å²) in [6, 6.07) is 15.2. The van der Waals surface area contributed by atoms with Crippen molar-refractivity contribution in [3.8, 4) is 5.75 Å². The lowest BCUT2D eigenvalue weighted by atomic mass is 10.1. The molecule has 0 spiro atoms. The van der Waals surface area contributed by atoms with E-state index in [1.54, 1.807) is 16.7 Å². The number of anilines is 2. The molecule has 0 saturated carbocycles. The molecule has 1 aliphatic rings. The van der Waals surface area contributed by atoms with E-state index in [1.807, 2.05) is 55.5 Å². The number of carbonyl (C=O) groups excluding carboxylic acids is 2. The van der Waals surface area contributed by atoms with E-state index in [0.29, 0.717) is 12.4 Å². The van der Waals surface area contributed by atoms with Crippen molar-refractivity contribution in [2.45, 2.75) is 19.2 Å². The zero-order valence-electron chi connectivity index (χ0n) is 14.2. The van der Waals surface area contributed by atoms with Gasteiger partial charge in [-0.25, -0.2) is 0 Å². The maximum absolute atomic E-state index is 12.4.